The van der Waals surface area contributed by atoms with Crippen LogP contribution in [0.1, 0.15) is 21.6 Å². The summed E-state index contributed by atoms with van der Waals surface area (Å²) in [7, 11) is -3.93. The molecule has 0 fully saturated rings. The van der Waals surface area contributed by atoms with Gasteiger partial charge in [0, 0.05) is 6.20 Å². The lowest BCUT2D eigenvalue weighted by Crippen LogP contribution is -2.18. The third-order valence-corrected chi connectivity index (χ3v) is 4.90. The largest absolute Gasteiger partial charge is 0.288 e. The van der Waals surface area contributed by atoms with Gasteiger partial charge in [-0.25, -0.2) is 0 Å². The first-order chi connectivity index (χ1) is 10.9. The van der Waals surface area contributed by atoms with Crippen LogP contribution in [-0.2, 0) is 10.0 Å². The van der Waals surface area contributed by atoms with E-state index < -0.39 is 15.8 Å². The molecule has 1 aliphatic rings. The topological polar surface area (TPSA) is 76.5 Å². The molecule has 0 amide bonds. The molecule has 1 heterocycles. The summed E-state index contributed by atoms with van der Waals surface area (Å²) in [4.78, 5) is 16.1. The van der Waals surface area contributed by atoms with Crippen molar-refractivity contribution < 1.29 is 13.2 Å². The van der Waals surface area contributed by atoms with Crippen molar-refractivity contribution in [3.8, 4) is 0 Å². The fourth-order valence-corrected chi connectivity index (χ4v) is 3.33. The summed E-state index contributed by atoms with van der Waals surface area (Å²) in [5.74, 6) is -0.401. The number of fused-ring (bicyclic) bond motifs is 1. The molecule has 0 unspecified atom stereocenters. The standard InChI is InChI=1S/C16H11ClN2O3S/c1-10-4-6-11(7-5-10)23(21,22)19-14-9-13(17)16(20)12-3-2-8-18-15(12)14/h2-9H,1H3. The smallest absolute Gasteiger partial charge is 0.282 e. The zero-order valence-electron chi connectivity index (χ0n) is 12.0. The van der Waals surface area contributed by atoms with Gasteiger partial charge in [0.2, 0.25) is 5.78 Å². The van der Waals surface area contributed by atoms with Crippen LogP contribution in [0.15, 0.2) is 63.0 Å². The van der Waals surface area contributed by atoms with Crippen LogP contribution < -0.4 is 0 Å². The molecule has 3 rings (SSSR count). The maximum absolute atomic E-state index is 12.4. The fourth-order valence-electron chi connectivity index (χ4n) is 2.14. The molecular weight excluding hydrogens is 336 g/mol. The van der Waals surface area contributed by atoms with E-state index in [-0.39, 0.29) is 26.9 Å². The minimum atomic E-state index is -3.93. The number of nitrogens with zero attached hydrogens (tertiary/aromatic N) is 2. The Morgan fingerprint density at radius 3 is 2.52 bits per heavy atom. The SMILES string of the molecule is Cc1ccc(S(=O)(=O)N=C2C=C(Cl)C(=O)c3cccnc32)cc1. The quantitative estimate of drug-likeness (QED) is 0.837. The number of pyridine rings is 1. The molecule has 0 saturated carbocycles. The van der Waals surface area contributed by atoms with Crippen molar-refractivity contribution in [2.75, 3.05) is 0 Å². The van der Waals surface area contributed by atoms with Gasteiger partial charge < -0.3 is 0 Å². The van der Waals surface area contributed by atoms with Gasteiger partial charge in [-0.2, -0.15) is 12.8 Å². The van der Waals surface area contributed by atoms with Gasteiger partial charge in [0.15, 0.2) is 0 Å². The summed E-state index contributed by atoms with van der Waals surface area (Å²) < 4.78 is 28.7. The fraction of sp³-hybridized carbons (Fsp3) is 0.0625. The molecule has 5 nitrogen and oxygen atoms in total. The average molecular weight is 347 g/mol. The van der Waals surface area contributed by atoms with E-state index in [0.717, 1.165) is 5.56 Å². The van der Waals surface area contributed by atoms with Crippen molar-refractivity contribution in [2.24, 2.45) is 4.40 Å². The number of allylic oxidation sites excluding steroid dienone is 2. The Morgan fingerprint density at radius 2 is 1.83 bits per heavy atom. The predicted octanol–water partition coefficient (Wildman–Crippen LogP) is 2.89. The highest BCUT2D eigenvalue weighted by atomic mass is 35.5. The number of aryl methyl sites for hydroxylation is 1. The highest BCUT2D eigenvalue weighted by Crippen LogP contribution is 2.24. The Hall–Kier alpha value is -2.31. The highest BCUT2D eigenvalue weighted by Gasteiger charge is 2.26. The second-order valence-corrected chi connectivity index (χ2v) is 7.00. The molecule has 0 N–H and O–H groups in total. The summed E-state index contributed by atoms with van der Waals surface area (Å²) in [6.07, 6.45) is 2.69. The number of ketones is 1. The van der Waals surface area contributed by atoms with Crippen LogP contribution in [0, 0.1) is 6.92 Å². The van der Waals surface area contributed by atoms with Crippen LogP contribution in [0.3, 0.4) is 0 Å². The van der Waals surface area contributed by atoms with Gasteiger partial charge in [-0.3, -0.25) is 9.78 Å². The van der Waals surface area contributed by atoms with E-state index in [1.165, 1.54) is 30.5 Å². The number of hydrogen-bond donors (Lipinski definition) is 0. The normalized spacial score (nSPS) is 16.2. The molecule has 116 valence electrons. The van der Waals surface area contributed by atoms with Crippen LogP contribution in [0.5, 0.6) is 0 Å². The van der Waals surface area contributed by atoms with Crippen molar-refractivity contribution in [1.29, 1.82) is 0 Å². The van der Waals surface area contributed by atoms with Gasteiger partial charge in [0.25, 0.3) is 10.0 Å². The molecule has 0 radical (unpaired) electrons. The summed E-state index contributed by atoms with van der Waals surface area (Å²) in [6.45, 7) is 1.86. The van der Waals surface area contributed by atoms with Crippen molar-refractivity contribution in [2.45, 2.75) is 11.8 Å². The van der Waals surface area contributed by atoms with E-state index in [1.54, 1.807) is 18.2 Å². The zero-order chi connectivity index (χ0) is 16.6. The summed E-state index contributed by atoms with van der Waals surface area (Å²) >= 11 is 5.89. The van der Waals surface area contributed by atoms with Gasteiger partial charge in [-0.15, -0.1) is 0 Å². The van der Waals surface area contributed by atoms with E-state index >= 15 is 0 Å². The molecule has 2 aromatic rings. The molecule has 7 heteroatoms. The van der Waals surface area contributed by atoms with Gasteiger partial charge in [-0.1, -0.05) is 29.3 Å². The zero-order valence-corrected chi connectivity index (χ0v) is 13.6. The number of carbonyl (C=O) groups excluding carboxylic acids is 1. The number of halogens is 1. The van der Waals surface area contributed by atoms with E-state index in [0.29, 0.717) is 0 Å². The highest BCUT2D eigenvalue weighted by molar-refractivity contribution is 7.90. The Bertz CT molecular complexity index is 961. The Kier molecular flexibility index (Phi) is 3.87. The van der Waals surface area contributed by atoms with Crippen molar-refractivity contribution >= 4 is 33.1 Å². The average Bonchev–Trinajstić information content (AvgIpc) is 2.52. The first-order valence-electron chi connectivity index (χ1n) is 6.67. The summed E-state index contributed by atoms with van der Waals surface area (Å²) in [5, 5.41) is -0.0941. The lowest BCUT2D eigenvalue weighted by Gasteiger charge is -2.12. The third kappa shape index (κ3) is 2.95. The second kappa shape index (κ2) is 5.72. The van der Waals surface area contributed by atoms with Crippen molar-refractivity contribution in [3.63, 3.8) is 0 Å². The van der Waals surface area contributed by atoms with Crippen LogP contribution in [0.4, 0.5) is 0 Å². The molecule has 1 aromatic heterocycles. The van der Waals surface area contributed by atoms with E-state index in [2.05, 4.69) is 9.38 Å². The molecular formula is C16H11ClN2O3S. The lowest BCUT2D eigenvalue weighted by atomic mass is 9.99. The second-order valence-electron chi connectivity index (χ2n) is 4.99. The number of rotatable bonds is 2. The molecule has 0 aliphatic heterocycles. The molecule has 1 aromatic carbocycles. The predicted molar refractivity (Wildman–Crippen MR) is 87.4 cm³/mol. The summed E-state index contributed by atoms with van der Waals surface area (Å²) in [6, 6.07) is 9.45. The number of Topliss-reactive ketones (excluding diaryl/α,β-unsaturated/α-hetero) is 1. The van der Waals surface area contributed by atoms with E-state index in [4.69, 9.17) is 11.6 Å². The lowest BCUT2D eigenvalue weighted by molar-refractivity contribution is 0.104. The number of aromatic nitrogens is 1. The molecule has 0 atom stereocenters. The molecule has 0 bridgehead atoms. The first-order valence-corrected chi connectivity index (χ1v) is 8.49. The third-order valence-electron chi connectivity index (χ3n) is 3.31. The number of benzene rings is 1. The molecule has 0 spiro atoms. The number of carbonyl (C=O) groups is 1. The van der Waals surface area contributed by atoms with Gasteiger partial charge >= 0.3 is 0 Å². The summed E-state index contributed by atoms with van der Waals surface area (Å²) in [5.41, 5.74) is 1.43. The van der Waals surface area contributed by atoms with Crippen LogP contribution in [-0.4, -0.2) is 24.9 Å². The molecule has 1 aliphatic carbocycles. The monoisotopic (exact) mass is 346 g/mol. The van der Waals surface area contributed by atoms with Crippen LogP contribution in [0.25, 0.3) is 0 Å². The van der Waals surface area contributed by atoms with E-state index in [9.17, 15) is 13.2 Å². The maximum atomic E-state index is 12.4. The number of sulfonamides is 1. The van der Waals surface area contributed by atoms with Gasteiger partial charge in [0.05, 0.1) is 15.5 Å². The van der Waals surface area contributed by atoms with Crippen molar-refractivity contribution in [1.82, 2.24) is 4.98 Å². The first kappa shape index (κ1) is 15.6. The van der Waals surface area contributed by atoms with Gasteiger partial charge in [-0.05, 0) is 37.3 Å². The number of hydrogen-bond acceptors (Lipinski definition) is 4. The maximum Gasteiger partial charge on any atom is 0.282 e. The molecule has 23 heavy (non-hydrogen) atoms. The van der Waals surface area contributed by atoms with Crippen LogP contribution in [0.2, 0.25) is 0 Å². The Labute approximate surface area is 138 Å². The minimum absolute atomic E-state index is 0.0470. The van der Waals surface area contributed by atoms with E-state index in [1.807, 2.05) is 6.92 Å². The molecule has 0 saturated heterocycles. The van der Waals surface area contributed by atoms with Gasteiger partial charge in [0.1, 0.15) is 11.4 Å². The van der Waals surface area contributed by atoms with Crippen molar-refractivity contribution in [3.05, 3.63) is 70.5 Å². The Balaban J connectivity index is 2.15. The van der Waals surface area contributed by atoms with Crippen LogP contribution >= 0.6 is 11.6 Å². The Morgan fingerprint density at radius 1 is 1.13 bits per heavy atom. The minimum Gasteiger partial charge on any atom is -0.288 e.